The third-order valence-corrected chi connectivity index (χ3v) is 4.46. The van der Waals surface area contributed by atoms with Crippen LogP contribution in [0.4, 0.5) is 0 Å². The number of ether oxygens (including phenoxy) is 1. The second kappa shape index (κ2) is 6.33. The fourth-order valence-electron chi connectivity index (χ4n) is 3.22. The molecule has 126 valence electrons. The van der Waals surface area contributed by atoms with Crippen LogP contribution in [0, 0.1) is 6.92 Å². The minimum Gasteiger partial charge on any atom is -0.368 e. The Morgan fingerprint density at radius 1 is 1.29 bits per heavy atom. The summed E-state index contributed by atoms with van der Waals surface area (Å²) in [6.45, 7) is 8.28. The molecule has 0 bridgehead atoms. The highest BCUT2D eigenvalue weighted by molar-refractivity contribution is 5.41. The van der Waals surface area contributed by atoms with E-state index in [2.05, 4.69) is 57.9 Å². The zero-order valence-electron chi connectivity index (χ0n) is 14.1. The van der Waals surface area contributed by atoms with Crippen molar-refractivity contribution in [3.63, 3.8) is 0 Å². The van der Waals surface area contributed by atoms with Crippen LogP contribution in [0.15, 0.2) is 30.9 Å². The Kier molecular flexibility index (Phi) is 4.03. The fraction of sp³-hybridized carbons (Fsp3) is 0.471. The quantitative estimate of drug-likeness (QED) is 0.732. The van der Waals surface area contributed by atoms with E-state index in [9.17, 15) is 0 Å². The number of hydrogen-bond acceptors (Lipinski definition) is 5. The molecule has 0 aromatic carbocycles. The predicted molar refractivity (Wildman–Crippen MR) is 89.6 cm³/mol. The lowest BCUT2D eigenvalue weighted by Gasteiger charge is -2.31. The average molecular weight is 326 g/mol. The molecule has 4 heterocycles. The van der Waals surface area contributed by atoms with Gasteiger partial charge >= 0.3 is 0 Å². The van der Waals surface area contributed by atoms with Gasteiger partial charge < -0.3 is 13.7 Å². The summed E-state index contributed by atoms with van der Waals surface area (Å²) in [5.41, 5.74) is 3.31. The molecule has 3 aromatic rings. The molecule has 0 N–H and O–H groups in total. The molecule has 1 aliphatic heterocycles. The molecule has 0 saturated carbocycles. The summed E-state index contributed by atoms with van der Waals surface area (Å²) in [5.74, 6) is 0.910. The van der Waals surface area contributed by atoms with E-state index in [0.29, 0.717) is 6.61 Å². The van der Waals surface area contributed by atoms with Gasteiger partial charge in [0.25, 0.3) is 0 Å². The fourth-order valence-corrected chi connectivity index (χ4v) is 3.22. The minimum absolute atomic E-state index is 0.0273. The van der Waals surface area contributed by atoms with Crippen LogP contribution >= 0.6 is 0 Å². The van der Waals surface area contributed by atoms with E-state index in [1.807, 2.05) is 4.57 Å². The van der Waals surface area contributed by atoms with Crippen LogP contribution in [0.2, 0.25) is 0 Å². The molecule has 3 aromatic heterocycles. The molecule has 24 heavy (non-hydrogen) atoms. The summed E-state index contributed by atoms with van der Waals surface area (Å²) in [4.78, 5) is 7.09. The lowest BCUT2D eigenvalue weighted by atomic mass is 10.2. The Balaban J connectivity index is 1.49. The number of rotatable bonds is 4. The molecule has 0 amide bonds. The largest absolute Gasteiger partial charge is 0.368 e. The van der Waals surface area contributed by atoms with E-state index >= 15 is 0 Å². The number of morpholine rings is 1. The summed E-state index contributed by atoms with van der Waals surface area (Å²) in [5, 5.41) is 8.25. The zero-order chi connectivity index (χ0) is 16.5. The number of fused-ring (bicyclic) bond motifs is 1. The lowest BCUT2D eigenvalue weighted by Crippen LogP contribution is -2.38. The molecule has 7 heteroatoms. The van der Waals surface area contributed by atoms with Gasteiger partial charge in [0.1, 0.15) is 18.1 Å². The molecule has 7 nitrogen and oxygen atoms in total. The van der Waals surface area contributed by atoms with Crippen LogP contribution in [0.1, 0.15) is 30.1 Å². The monoisotopic (exact) mass is 326 g/mol. The van der Waals surface area contributed by atoms with Gasteiger partial charge in [-0.05, 0) is 25.5 Å². The highest BCUT2D eigenvalue weighted by atomic mass is 16.5. The number of pyridine rings is 1. The van der Waals surface area contributed by atoms with Gasteiger partial charge in [-0.15, -0.1) is 10.2 Å². The molecule has 1 fully saturated rings. The first-order valence-electron chi connectivity index (χ1n) is 8.39. The van der Waals surface area contributed by atoms with E-state index in [1.165, 1.54) is 5.56 Å². The van der Waals surface area contributed by atoms with E-state index in [0.717, 1.165) is 43.3 Å². The van der Waals surface area contributed by atoms with Gasteiger partial charge in [-0.2, -0.15) is 0 Å². The molecule has 1 aliphatic rings. The molecule has 0 radical (unpaired) electrons. The van der Waals surface area contributed by atoms with E-state index in [-0.39, 0.29) is 6.10 Å². The van der Waals surface area contributed by atoms with Gasteiger partial charge in [0.05, 0.1) is 12.3 Å². The molecule has 1 saturated heterocycles. The molecule has 4 rings (SSSR count). The third kappa shape index (κ3) is 2.92. The van der Waals surface area contributed by atoms with Gasteiger partial charge in [-0.3, -0.25) is 4.90 Å². The third-order valence-electron chi connectivity index (χ3n) is 4.46. The van der Waals surface area contributed by atoms with Crippen molar-refractivity contribution >= 4 is 5.65 Å². The van der Waals surface area contributed by atoms with Crippen molar-refractivity contribution in [1.82, 2.24) is 29.0 Å². The van der Waals surface area contributed by atoms with Crippen LogP contribution < -0.4 is 0 Å². The molecule has 0 spiro atoms. The van der Waals surface area contributed by atoms with E-state index in [4.69, 9.17) is 9.72 Å². The van der Waals surface area contributed by atoms with Crippen LogP contribution in [0.25, 0.3) is 5.65 Å². The van der Waals surface area contributed by atoms with Gasteiger partial charge in [-0.1, -0.05) is 6.07 Å². The maximum atomic E-state index is 5.92. The minimum atomic E-state index is -0.0273. The second-order valence-electron chi connectivity index (χ2n) is 6.27. The summed E-state index contributed by atoms with van der Waals surface area (Å²) in [6.07, 6.45) is 5.96. The van der Waals surface area contributed by atoms with Gasteiger partial charge in [-0.25, -0.2) is 4.98 Å². The maximum Gasteiger partial charge on any atom is 0.163 e. The topological polar surface area (TPSA) is 60.5 Å². The number of hydrogen-bond donors (Lipinski definition) is 0. The molecule has 0 unspecified atom stereocenters. The first-order valence-corrected chi connectivity index (χ1v) is 8.39. The van der Waals surface area contributed by atoms with E-state index in [1.54, 1.807) is 6.33 Å². The Morgan fingerprint density at radius 2 is 2.21 bits per heavy atom. The average Bonchev–Trinajstić information content (AvgIpc) is 3.20. The first-order chi connectivity index (χ1) is 11.7. The standard InChI is InChI=1S/C17H22N6O/c1-3-22-12-18-20-17(22)15-11-21(6-7-24-15)9-14-10-23-8-13(2)4-5-16(23)19-14/h4-5,8,10,12,15H,3,6-7,9,11H2,1-2H3/t15-/m0/s1. The first kappa shape index (κ1) is 15.3. The van der Waals surface area contributed by atoms with Crippen molar-refractivity contribution in [2.24, 2.45) is 0 Å². The zero-order valence-corrected chi connectivity index (χ0v) is 14.1. The summed E-state index contributed by atoms with van der Waals surface area (Å²) < 4.78 is 10.1. The van der Waals surface area contributed by atoms with Crippen molar-refractivity contribution in [3.05, 3.63) is 47.9 Å². The van der Waals surface area contributed by atoms with Crippen molar-refractivity contribution in [2.75, 3.05) is 19.7 Å². The van der Waals surface area contributed by atoms with Crippen molar-refractivity contribution in [3.8, 4) is 0 Å². The van der Waals surface area contributed by atoms with Crippen molar-refractivity contribution in [2.45, 2.75) is 33.0 Å². The second-order valence-corrected chi connectivity index (χ2v) is 6.27. The highest BCUT2D eigenvalue weighted by Gasteiger charge is 2.26. The predicted octanol–water partition coefficient (Wildman–Crippen LogP) is 1.83. The Labute approximate surface area is 140 Å². The van der Waals surface area contributed by atoms with E-state index < -0.39 is 0 Å². The van der Waals surface area contributed by atoms with Crippen LogP contribution in [-0.2, 0) is 17.8 Å². The van der Waals surface area contributed by atoms with Crippen molar-refractivity contribution in [1.29, 1.82) is 0 Å². The molecule has 1 atom stereocenters. The Bertz CT molecular complexity index is 839. The Morgan fingerprint density at radius 3 is 3.08 bits per heavy atom. The van der Waals surface area contributed by atoms with Gasteiger partial charge in [0, 0.05) is 38.6 Å². The number of aryl methyl sites for hydroxylation is 2. The van der Waals surface area contributed by atoms with Gasteiger partial charge in [0.2, 0.25) is 0 Å². The molecule has 0 aliphatic carbocycles. The smallest absolute Gasteiger partial charge is 0.163 e. The number of imidazole rings is 1. The normalized spacial score (nSPS) is 19.2. The number of aromatic nitrogens is 5. The molecular formula is C17H22N6O. The van der Waals surface area contributed by atoms with Gasteiger partial charge in [0.15, 0.2) is 5.82 Å². The Hall–Kier alpha value is -2.25. The van der Waals surface area contributed by atoms with Crippen LogP contribution in [0.5, 0.6) is 0 Å². The lowest BCUT2D eigenvalue weighted by molar-refractivity contribution is -0.0391. The summed E-state index contributed by atoms with van der Waals surface area (Å²) in [7, 11) is 0. The maximum absolute atomic E-state index is 5.92. The summed E-state index contributed by atoms with van der Waals surface area (Å²) in [6, 6.07) is 4.15. The van der Waals surface area contributed by atoms with Crippen LogP contribution in [-0.4, -0.2) is 48.7 Å². The SMILES string of the molecule is CCn1cnnc1[C@@H]1CN(Cc2cn3cc(C)ccc3n2)CCO1. The van der Waals surface area contributed by atoms with Crippen LogP contribution in [0.3, 0.4) is 0 Å². The number of nitrogens with zero attached hydrogens (tertiary/aromatic N) is 6. The highest BCUT2D eigenvalue weighted by Crippen LogP contribution is 2.21. The molecular weight excluding hydrogens is 304 g/mol. The summed E-state index contributed by atoms with van der Waals surface area (Å²) >= 11 is 0. The van der Waals surface area contributed by atoms with Crippen molar-refractivity contribution < 1.29 is 4.74 Å².